The van der Waals surface area contributed by atoms with Crippen LogP contribution in [0.25, 0.3) is 0 Å². The Morgan fingerprint density at radius 2 is 1.96 bits per heavy atom. The van der Waals surface area contributed by atoms with Crippen molar-refractivity contribution in [3.63, 3.8) is 0 Å². The van der Waals surface area contributed by atoms with E-state index in [1.54, 1.807) is 6.92 Å². The number of aliphatic hydroxyl groups is 2. The second-order valence-corrected chi connectivity index (χ2v) is 4.98. The van der Waals surface area contributed by atoms with Crippen LogP contribution < -0.4 is 0 Å². The maximum atomic E-state index is 11.8. The Hall–Kier alpha value is -2.52. The monoisotopic (exact) mass is 341 g/mol. The molecule has 0 aliphatic heterocycles. The first-order chi connectivity index (χ1) is 11.2. The number of carbonyl (C=O) groups excluding carboxylic acids is 2. The molecule has 0 heterocycles. The highest BCUT2D eigenvalue weighted by atomic mass is 16.6. The topological polar surface area (TPSA) is 136 Å². The molecule has 1 rings (SSSR count). The first-order valence-corrected chi connectivity index (χ1v) is 7.11. The van der Waals surface area contributed by atoms with E-state index in [2.05, 4.69) is 9.47 Å². The maximum Gasteiger partial charge on any atom is 0.338 e. The van der Waals surface area contributed by atoms with E-state index in [0.29, 0.717) is 0 Å². The minimum Gasteiger partial charge on any atom is -0.466 e. The quantitative estimate of drug-likeness (QED) is 0.426. The average Bonchev–Trinajstić information content (AvgIpc) is 2.53. The molecule has 0 spiro atoms. The van der Waals surface area contributed by atoms with Gasteiger partial charge in [-0.1, -0.05) is 0 Å². The third-order valence-corrected chi connectivity index (χ3v) is 3.41. The molecule has 0 amide bonds. The molecule has 0 aliphatic rings. The van der Waals surface area contributed by atoms with Crippen LogP contribution in [0.5, 0.6) is 0 Å². The molecule has 0 saturated heterocycles. The van der Waals surface area contributed by atoms with Gasteiger partial charge in [-0.3, -0.25) is 14.9 Å². The second-order valence-electron chi connectivity index (χ2n) is 4.98. The zero-order chi connectivity index (χ0) is 18.4. The van der Waals surface area contributed by atoms with E-state index >= 15 is 0 Å². The Morgan fingerprint density at radius 1 is 1.33 bits per heavy atom. The molecular formula is C15H19NO8. The van der Waals surface area contributed by atoms with Crippen molar-refractivity contribution in [2.75, 3.05) is 13.7 Å². The number of esters is 2. The number of aliphatic hydroxyl groups excluding tert-OH is 2. The lowest BCUT2D eigenvalue weighted by Gasteiger charge is -2.20. The average molecular weight is 341 g/mol. The summed E-state index contributed by atoms with van der Waals surface area (Å²) >= 11 is 0. The number of carbonyl (C=O) groups is 2. The number of nitro groups is 1. The highest BCUT2D eigenvalue weighted by Crippen LogP contribution is 2.30. The molecular weight excluding hydrogens is 322 g/mol. The summed E-state index contributed by atoms with van der Waals surface area (Å²) in [5.74, 6) is -1.54. The molecule has 2 N–H and O–H groups in total. The van der Waals surface area contributed by atoms with Crippen molar-refractivity contribution in [3.8, 4) is 0 Å². The molecule has 0 radical (unpaired) electrons. The summed E-state index contributed by atoms with van der Waals surface area (Å²) in [7, 11) is 1.12. The van der Waals surface area contributed by atoms with Gasteiger partial charge >= 0.3 is 11.9 Å². The molecule has 1 aromatic rings. The summed E-state index contributed by atoms with van der Waals surface area (Å²) in [4.78, 5) is 33.4. The molecule has 2 atom stereocenters. The number of hydrogen-bond acceptors (Lipinski definition) is 8. The highest BCUT2D eigenvalue weighted by Gasteiger charge is 2.28. The Morgan fingerprint density at radius 3 is 2.46 bits per heavy atom. The van der Waals surface area contributed by atoms with E-state index in [-0.39, 0.29) is 23.3 Å². The third kappa shape index (κ3) is 4.49. The fraction of sp³-hybridized carbons (Fsp3) is 0.467. The maximum absolute atomic E-state index is 11.8. The van der Waals surface area contributed by atoms with Crippen molar-refractivity contribution in [2.24, 2.45) is 0 Å². The van der Waals surface area contributed by atoms with E-state index < -0.39 is 41.2 Å². The number of ether oxygens (including phenoxy) is 2. The lowest BCUT2D eigenvalue weighted by Crippen LogP contribution is -2.24. The van der Waals surface area contributed by atoms with Gasteiger partial charge in [0.25, 0.3) is 5.69 Å². The molecule has 24 heavy (non-hydrogen) atoms. The zero-order valence-electron chi connectivity index (χ0n) is 13.5. The van der Waals surface area contributed by atoms with E-state index in [1.807, 2.05) is 0 Å². The van der Waals surface area contributed by atoms with E-state index in [9.17, 15) is 29.9 Å². The van der Waals surface area contributed by atoms with Gasteiger partial charge < -0.3 is 19.7 Å². The number of non-ortho nitro benzene ring substituents is 1. The predicted octanol–water partition coefficient (Wildman–Crippen LogP) is 1.04. The molecule has 0 bridgehead atoms. The number of methoxy groups -OCH3 is 1. The Labute approximate surface area is 138 Å². The van der Waals surface area contributed by atoms with E-state index in [0.717, 1.165) is 19.2 Å². The molecule has 0 fully saturated rings. The van der Waals surface area contributed by atoms with E-state index in [1.165, 1.54) is 6.92 Å². The number of nitro benzene ring substituents is 1. The number of nitrogens with zero attached hydrogens (tertiary/aromatic N) is 1. The molecule has 2 unspecified atom stereocenters. The van der Waals surface area contributed by atoms with Gasteiger partial charge in [0.2, 0.25) is 0 Å². The third-order valence-electron chi connectivity index (χ3n) is 3.41. The van der Waals surface area contributed by atoms with Gasteiger partial charge in [-0.25, -0.2) is 4.79 Å². The minimum atomic E-state index is -1.61. The summed E-state index contributed by atoms with van der Waals surface area (Å²) in [5.41, 5.74) is -0.383. The van der Waals surface area contributed by atoms with Crippen LogP contribution in [-0.2, 0) is 14.3 Å². The van der Waals surface area contributed by atoms with Crippen LogP contribution in [0.2, 0.25) is 0 Å². The molecule has 132 valence electrons. The Balaban J connectivity index is 3.25. The van der Waals surface area contributed by atoms with Crippen LogP contribution in [0.1, 0.15) is 40.9 Å². The highest BCUT2D eigenvalue weighted by molar-refractivity contribution is 5.92. The van der Waals surface area contributed by atoms with Crippen molar-refractivity contribution < 1.29 is 34.2 Å². The van der Waals surface area contributed by atoms with Gasteiger partial charge in [-0.15, -0.1) is 0 Å². The van der Waals surface area contributed by atoms with Crippen LogP contribution in [0, 0.1) is 17.0 Å². The summed E-state index contributed by atoms with van der Waals surface area (Å²) in [5, 5.41) is 31.2. The Kier molecular flexibility index (Phi) is 6.81. The van der Waals surface area contributed by atoms with Gasteiger partial charge in [0, 0.05) is 12.1 Å². The summed E-state index contributed by atoms with van der Waals surface area (Å²) in [6, 6.07) is 2.07. The minimum absolute atomic E-state index is 0.0404. The van der Waals surface area contributed by atoms with Gasteiger partial charge in [-0.05, 0) is 25.0 Å². The van der Waals surface area contributed by atoms with Crippen LogP contribution in [0.4, 0.5) is 5.69 Å². The predicted molar refractivity (Wildman–Crippen MR) is 81.4 cm³/mol. The smallest absolute Gasteiger partial charge is 0.338 e. The fourth-order valence-corrected chi connectivity index (χ4v) is 2.17. The van der Waals surface area contributed by atoms with Crippen molar-refractivity contribution in [3.05, 3.63) is 38.9 Å². The lowest BCUT2D eigenvalue weighted by molar-refractivity contribution is -0.385. The largest absolute Gasteiger partial charge is 0.466 e. The van der Waals surface area contributed by atoms with Gasteiger partial charge in [0.15, 0.2) is 0 Å². The van der Waals surface area contributed by atoms with Crippen LogP contribution in [0.3, 0.4) is 0 Å². The van der Waals surface area contributed by atoms with E-state index in [4.69, 9.17) is 0 Å². The summed E-state index contributed by atoms with van der Waals surface area (Å²) < 4.78 is 9.24. The van der Waals surface area contributed by atoms with Crippen LogP contribution in [0.15, 0.2) is 12.1 Å². The number of hydrogen-bond donors (Lipinski definition) is 2. The normalized spacial score (nSPS) is 13.0. The van der Waals surface area contributed by atoms with Crippen LogP contribution >= 0.6 is 0 Å². The van der Waals surface area contributed by atoms with Gasteiger partial charge in [0.1, 0.15) is 6.10 Å². The molecule has 9 nitrogen and oxygen atoms in total. The second kappa shape index (κ2) is 8.37. The SMILES string of the molecule is CCOC(=O)CC(O)C(O)c1cc([N+](=O)[O-])cc(C(=O)OC)c1C. The lowest BCUT2D eigenvalue weighted by atomic mass is 9.93. The Bertz CT molecular complexity index is 643. The molecule has 0 aromatic heterocycles. The summed E-state index contributed by atoms with van der Waals surface area (Å²) in [6.45, 7) is 3.16. The first-order valence-electron chi connectivity index (χ1n) is 7.11. The molecule has 0 aliphatic carbocycles. The summed E-state index contributed by atoms with van der Waals surface area (Å²) in [6.07, 6.45) is -3.65. The van der Waals surface area contributed by atoms with Gasteiger partial charge in [-0.2, -0.15) is 0 Å². The van der Waals surface area contributed by atoms with Crippen molar-refractivity contribution >= 4 is 17.6 Å². The number of benzene rings is 1. The van der Waals surface area contributed by atoms with Crippen molar-refractivity contribution in [1.82, 2.24) is 0 Å². The fourth-order valence-electron chi connectivity index (χ4n) is 2.17. The van der Waals surface area contributed by atoms with Crippen molar-refractivity contribution in [2.45, 2.75) is 32.5 Å². The van der Waals surface area contributed by atoms with Crippen molar-refractivity contribution in [1.29, 1.82) is 0 Å². The zero-order valence-corrected chi connectivity index (χ0v) is 13.5. The van der Waals surface area contributed by atoms with Gasteiger partial charge in [0.05, 0.1) is 36.7 Å². The number of rotatable bonds is 7. The van der Waals surface area contributed by atoms with Crippen LogP contribution in [-0.4, -0.2) is 46.9 Å². The first kappa shape index (κ1) is 19.5. The molecule has 0 saturated carbocycles. The molecule has 9 heteroatoms. The standard InChI is InChI=1S/C15H19NO8/c1-4-24-13(18)7-12(17)14(19)10-5-9(16(21)22)6-11(8(10)2)15(20)23-3/h5-6,12,14,17,19H,4,7H2,1-3H3. The molecule has 1 aromatic carbocycles.